The van der Waals surface area contributed by atoms with Gasteiger partial charge >= 0.3 is 5.97 Å². The molecule has 2 aromatic rings. The first kappa shape index (κ1) is 13.9. The van der Waals surface area contributed by atoms with Crippen LogP contribution in [0.5, 0.6) is 5.75 Å². The summed E-state index contributed by atoms with van der Waals surface area (Å²) in [6.45, 7) is 1.26. The van der Waals surface area contributed by atoms with Crippen LogP contribution < -0.4 is 9.64 Å². The minimum absolute atomic E-state index is 0.441. The lowest BCUT2D eigenvalue weighted by Gasteiger charge is -2.38. The third-order valence-electron chi connectivity index (χ3n) is 3.71. The Morgan fingerprint density at radius 2 is 2.00 bits per heavy atom. The first-order valence-corrected chi connectivity index (χ1v) is 7.69. The molecule has 0 radical (unpaired) electrons. The number of anilines is 1. The van der Waals surface area contributed by atoms with Crippen molar-refractivity contribution in [3.05, 3.63) is 41.9 Å². The number of para-hydroxylation sites is 1. The van der Waals surface area contributed by atoms with E-state index in [2.05, 4.69) is 9.88 Å². The highest BCUT2D eigenvalue weighted by Crippen LogP contribution is 2.31. The van der Waals surface area contributed by atoms with Gasteiger partial charge in [0.2, 0.25) is 5.60 Å². The van der Waals surface area contributed by atoms with Crippen molar-refractivity contribution in [2.45, 2.75) is 18.4 Å². The Kier molecular flexibility index (Phi) is 3.79. The fraction of sp³-hybridized carbons (Fsp3) is 0.333. The van der Waals surface area contributed by atoms with E-state index < -0.39 is 11.6 Å². The van der Waals surface area contributed by atoms with Crippen molar-refractivity contribution in [1.29, 1.82) is 0 Å². The number of nitrogens with zero attached hydrogens (tertiary/aromatic N) is 2. The Morgan fingerprint density at radius 1 is 1.29 bits per heavy atom. The molecule has 1 N–H and O–H groups in total. The number of carboxylic acid groups (broad SMARTS) is 1. The zero-order valence-corrected chi connectivity index (χ0v) is 12.3. The van der Waals surface area contributed by atoms with E-state index in [9.17, 15) is 9.90 Å². The molecule has 1 fully saturated rings. The van der Waals surface area contributed by atoms with Gasteiger partial charge in [-0.05, 0) is 12.1 Å². The van der Waals surface area contributed by atoms with Crippen molar-refractivity contribution in [3.63, 3.8) is 0 Å². The second-order valence-corrected chi connectivity index (χ2v) is 5.89. The number of benzene rings is 1. The molecular weight excluding hydrogens is 288 g/mol. The van der Waals surface area contributed by atoms with Gasteiger partial charge < -0.3 is 14.7 Å². The SMILES string of the molecule is O=C(O)C1(Oc2ccccc2)CCN(c2nccs2)CC1. The van der Waals surface area contributed by atoms with Crippen molar-refractivity contribution >= 4 is 22.4 Å². The maximum atomic E-state index is 11.7. The lowest BCUT2D eigenvalue weighted by Crippen LogP contribution is -2.53. The summed E-state index contributed by atoms with van der Waals surface area (Å²) in [5, 5.41) is 12.5. The van der Waals surface area contributed by atoms with E-state index in [1.165, 1.54) is 0 Å². The fourth-order valence-electron chi connectivity index (χ4n) is 2.51. The zero-order valence-electron chi connectivity index (χ0n) is 11.4. The third kappa shape index (κ3) is 2.85. The molecule has 0 saturated carbocycles. The molecule has 6 heteroatoms. The average Bonchev–Trinajstić information content (AvgIpc) is 3.03. The van der Waals surface area contributed by atoms with E-state index in [-0.39, 0.29) is 0 Å². The molecule has 5 nitrogen and oxygen atoms in total. The molecule has 0 spiro atoms. The molecule has 1 aromatic carbocycles. The Hall–Kier alpha value is -2.08. The number of aromatic nitrogens is 1. The van der Waals surface area contributed by atoms with Gasteiger partial charge in [0.25, 0.3) is 0 Å². The third-order valence-corrected chi connectivity index (χ3v) is 4.54. The summed E-state index contributed by atoms with van der Waals surface area (Å²) in [5.74, 6) is -0.298. The Labute approximate surface area is 126 Å². The Balaban J connectivity index is 1.74. The zero-order chi connectivity index (χ0) is 14.7. The molecule has 1 saturated heterocycles. The number of rotatable bonds is 4. The monoisotopic (exact) mass is 304 g/mol. The summed E-state index contributed by atoms with van der Waals surface area (Å²) < 4.78 is 5.83. The highest BCUT2D eigenvalue weighted by atomic mass is 32.1. The Bertz CT molecular complexity index is 593. The van der Waals surface area contributed by atoms with Crippen LogP contribution in [0.2, 0.25) is 0 Å². The van der Waals surface area contributed by atoms with Gasteiger partial charge in [0.1, 0.15) is 5.75 Å². The van der Waals surface area contributed by atoms with Crippen LogP contribution in [0.1, 0.15) is 12.8 Å². The molecule has 21 heavy (non-hydrogen) atoms. The van der Waals surface area contributed by atoms with Crippen LogP contribution in [0.3, 0.4) is 0 Å². The van der Waals surface area contributed by atoms with Crippen LogP contribution in [-0.4, -0.2) is 34.8 Å². The molecule has 0 amide bonds. The summed E-state index contributed by atoms with van der Waals surface area (Å²) in [6.07, 6.45) is 2.65. The van der Waals surface area contributed by atoms with Gasteiger partial charge in [-0.25, -0.2) is 9.78 Å². The molecule has 0 unspecified atom stereocenters. The number of carbonyl (C=O) groups is 1. The van der Waals surface area contributed by atoms with Crippen LogP contribution in [-0.2, 0) is 4.79 Å². The standard InChI is InChI=1S/C15H16N2O3S/c18-13(19)15(20-12-4-2-1-3-5-12)6-9-17(10-7-15)14-16-8-11-21-14/h1-5,8,11H,6-7,9-10H2,(H,18,19). The summed E-state index contributed by atoms with van der Waals surface area (Å²) in [7, 11) is 0. The largest absolute Gasteiger partial charge is 0.478 e. The van der Waals surface area contributed by atoms with Gasteiger partial charge in [0, 0.05) is 37.5 Å². The number of hydrogen-bond acceptors (Lipinski definition) is 5. The van der Waals surface area contributed by atoms with E-state index in [1.54, 1.807) is 29.7 Å². The first-order valence-electron chi connectivity index (χ1n) is 6.81. The number of hydrogen-bond donors (Lipinski definition) is 1. The number of thiazole rings is 1. The lowest BCUT2D eigenvalue weighted by atomic mass is 9.91. The Morgan fingerprint density at radius 3 is 2.57 bits per heavy atom. The van der Waals surface area contributed by atoms with Gasteiger partial charge in [-0.15, -0.1) is 11.3 Å². The number of ether oxygens (including phenoxy) is 1. The molecule has 1 aromatic heterocycles. The summed E-state index contributed by atoms with van der Waals surface area (Å²) in [5.41, 5.74) is -1.14. The van der Waals surface area contributed by atoms with Crippen molar-refractivity contribution in [1.82, 2.24) is 4.98 Å². The highest BCUT2D eigenvalue weighted by molar-refractivity contribution is 7.13. The number of aliphatic carboxylic acids is 1. The van der Waals surface area contributed by atoms with Gasteiger partial charge in [-0.2, -0.15) is 0 Å². The van der Waals surface area contributed by atoms with Crippen molar-refractivity contribution < 1.29 is 14.6 Å². The van der Waals surface area contributed by atoms with Crippen LogP contribution >= 0.6 is 11.3 Å². The van der Waals surface area contributed by atoms with Crippen molar-refractivity contribution in [2.75, 3.05) is 18.0 Å². The quantitative estimate of drug-likeness (QED) is 0.941. The van der Waals surface area contributed by atoms with Gasteiger partial charge in [-0.3, -0.25) is 0 Å². The summed E-state index contributed by atoms with van der Waals surface area (Å²) in [6, 6.07) is 9.15. The van der Waals surface area contributed by atoms with Gasteiger partial charge in [-0.1, -0.05) is 18.2 Å². The number of carboxylic acids is 1. The smallest absolute Gasteiger partial charge is 0.348 e. The predicted molar refractivity (Wildman–Crippen MR) is 81.0 cm³/mol. The molecule has 0 atom stereocenters. The fourth-order valence-corrected chi connectivity index (χ4v) is 3.20. The van der Waals surface area contributed by atoms with Gasteiger partial charge in [0.05, 0.1) is 0 Å². The van der Waals surface area contributed by atoms with Crippen molar-refractivity contribution in [3.8, 4) is 5.75 Å². The van der Waals surface area contributed by atoms with Crippen LogP contribution in [0, 0.1) is 0 Å². The molecular formula is C15H16N2O3S. The summed E-state index contributed by atoms with van der Waals surface area (Å²) in [4.78, 5) is 18.1. The number of piperidine rings is 1. The second kappa shape index (κ2) is 5.73. The lowest BCUT2D eigenvalue weighted by molar-refractivity contribution is -0.157. The molecule has 2 heterocycles. The second-order valence-electron chi connectivity index (χ2n) is 5.02. The van der Waals surface area contributed by atoms with E-state index in [0.29, 0.717) is 31.7 Å². The van der Waals surface area contributed by atoms with Crippen LogP contribution in [0.25, 0.3) is 0 Å². The minimum atomic E-state index is -1.14. The first-order chi connectivity index (χ1) is 10.2. The van der Waals surface area contributed by atoms with Crippen LogP contribution in [0.15, 0.2) is 41.9 Å². The molecule has 110 valence electrons. The topological polar surface area (TPSA) is 62.7 Å². The van der Waals surface area contributed by atoms with E-state index in [0.717, 1.165) is 5.13 Å². The highest BCUT2D eigenvalue weighted by Gasteiger charge is 2.44. The van der Waals surface area contributed by atoms with E-state index in [1.807, 2.05) is 23.6 Å². The van der Waals surface area contributed by atoms with E-state index in [4.69, 9.17) is 4.74 Å². The van der Waals surface area contributed by atoms with Gasteiger partial charge in [0.15, 0.2) is 5.13 Å². The maximum Gasteiger partial charge on any atom is 0.348 e. The molecule has 0 aliphatic carbocycles. The predicted octanol–water partition coefficient (Wildman–Crippen LogP) is 2.65. The van der Waals surface area contributed by atoms with Crippen molar-refractivity contribution in [2.24, 2.45) is 0 Å². The van der Waals surface area contributed by atoms with E-state index >= 15 is 0 Å². The molecule has 1 aliphatic heterocycles. The molecule has 3 rings (SSSR count). The minimum Gasteiger partial charge on any atom is -0.478 e. The van der Waals surface area contributed by atoms with Crippen LogP contribution in [0.4, 0.5) is 5.13 Å². The maximum absolute atomic E-state index is 11.7. The molecule has 1 aliphatic rings. The average molecular weight is 304 g/mol. The molecule has 0 bridgehead atoms. The normalized spacial score (nSPS) is 17.4. The summed E-state index contributed by atoms with van der Waals surface area (Å²) >= 11 is 1.57.